The number of halogens is 3. The van der Waals surface area contributed by atoms with Crippen molar-refractivity contribution in [1.29, 1.82) is 0 Å². The fraction of sp³-hybridized carbons (Fsp3) is 0.320. The fourth-order valence-corrected chi connectivity index (χ4v) is 5.82. The van der Waals surface area contributed by atoms with Crippen molar-refractivity contribution in [3.8, 4) is 0 Å². The molecule has 1 N–H and O–H groups in total. The number of alkyl halides is 3. The van der Waals surface area contributed by atoms with E-state index in [1.807, 2.05) is 12.1 Å². The third kappa shape index (κ3) is 7.14. The first-order valence-corrected chi connectivity index (χ1v) is 13.7. The molecular formula is C25H27F3N4O2S2. The van der Waals surface area contributed by atoms with E-state index in [9.17, 15) is 21.6 Å². The van der Waals surface area contributed by atoms with Crippen molar-refractivity contribution in [2.45, 2.75) is 42.1 Å². The first kappa shape index (κ1) is 26.3. The Morgan fingerprint density at radius 3 is 2.39 bits per heavy atom. The molecule has 1 aliphatic rings. The SMILES string of the molecule is CC1(C)CN(c2ccc(SC(F)(F)F)cc2)CN1Cc1ccnc(NS(=O)(=O)Cc2ccccc2)c1. The van der Waals surface area contributed by atoms with Gasteiger partial charge >= 0.3 is 5.51 Å². The van der Waals surface area contributed by atoms with Crippen LogP contribution in [0.25, 0.3) is 0 Å². The third-order valence-electron chi connectivity index (χ3n) is 5.87. The highest BCUT2D eigenvalue weighted by Gasteiger charge is 2.37. The molecule has 1 saturated heterocycles. The summed E-state index contributed by atoms with van der Waals surface area (Å²) in [5.74, 6) is 0.115. The zero-order valence-electron chi connectivity index (χ0n) is 19.9. The van der Waals surface area contributed by atoms with Gasteiger partial charge in [-0.15, -0.1) is 0 Å². The number of aromatic nitrogens is 1. The number of benzene rings is 2. The summed E-state index contributed by atoms with van der Waals surface area (Å²) in [4.78, 5) is 8.68. The summed E-state index contributed by atoms with van der Waals surface area (Å²) in [6.07, 6.45) is 1.58. The van der Waals surface area contributed by atoms with Gasteiger partial charge in [0.05, 0.1) is 12.4 Å². The number of hydrogen-bond acceptors (Lipinski definition) is 6. The molecule has 1 aromatic heterocycles. The van der Waals surface area contributed by atoms with Crippen LogP contribution in [0.4, 0.5) is 24.7 Å². The Labute approximate surface area is 213 Å². The molecule has 3 aromatic rings. The Kier molecular flexibility index (Phi) is 7.53. The van der Waals surface area contributed by atoms with E-state index in [0.717, 1.165) is 11.3 Å². The molecule has 11 heteroatoms. The lowest BCUT2D eigenvalue weighted by atomic mass is 10.0. The number of anilines is 2. The highest BCUT2D eigenvalue weighted by atomic mass is 32.2. The fourth-order valence-electron chi connectivity index (χ4n) is 4.15. The first-order valence-electron chi connectivity index (χ1n) is 11.2. The molecule has 0 radical (unpaired) electrons. The molecule has 0 unspecified atom stereocenters. The van der Waals surface area contributed by atoms with Crippen LogP contribution in [0.5, 0.6) is 0 Å². The summed E-state index contributed by atoms with van der Waals surface area (Å²) >= 11 is -0.124. The van der Waals surface area contributed by atoms with Crippen LogP contribution in [0.15, 0.2) is 77.8 Å². The van der Waals surface area contributed by atoms with Gasteiger partial charge in [-0.05, 0) is 73.1 Å². The van der Waals surface area contributed by atoms with E-state index in [-0.39, 0.29) is 33.8 Å². The van der Waals surface area contributed by atoms with Crippen LogP contribution in [0.3, 0.4) is 0 Å². The van der Waals surface area contributed by atoms with Crippen LogP contribution in [0.1, 0.15) is 25.0 Å². The summed E-state index contributed by atoms with van der Waals surface area (Å²) in [6, 6.07) is 18.9. The summed E-state index contributed by atoms with van der Waals surface area (Å²) in [5, 5.41) is 0. The van der Waals surface area contributed by atoms with Crippen molar-refractivity contribution in [3.63, 3.8) is 0 Å². The standard InChI is InChI=1S/C25H27F3N4O2S2/c1-24(2)17-31(21-8-10-22(11-9-21)35-25(26,27)28)18-32(24)15-20-12-13-29-23(14-20)30-36(33,34)16-19-6-4-3-5-7-19/h3-14H,15-18H2,1-2H3,(H,29,30). The molecule has 2 aromatic carbocycles. The zero-order chi connectivity index (χ0) is 26.0. The molecule has 0 amide bonds. The minimum atomic E-state index is -4.31. The molecule has 0 spiro atoms. The van der Waals surface area contributed by atoms with E-state index in [1.54, 1.807) is 48.7 Å². The Morgan fingerprint density at radius 2 is 1.72 bits per heavy atom. The van der Waals surface area contributed by atoms with Crippen molar-refractivity contribution < 1.29 is 21.6 Å². The lowest BCUT2D eigenvalue weighted by Crippen LogP contribution is -2.39. The number of rotatable bonds is 8. The van der Waals surface area contributed by atoms with Gasteiger partial charge in [0.1, 0.15) is 5.82 Å². The van der Waals surface area contributed by atoms with Gasteiger partial charge < -0.3 is 4.90 Å². The van der Waals surface area contributed by atoms with Gasteiger partial charge in [-0.3, -0.25) is 9.62 Å². The minimum Gasteiger partial charge on any atom is -0.357 e. The molecular weight excluding hydrogens is 509 g/mol. The number of nitrogens with zero attached hydrogens (tertiary/aromatic N) is 3. The molecule has 36 heavy (non-hydrogen) atoms. The van der Waals surface area contributed by atoms with E-state index in [4.69, 9.17) is 0 Å². The maximum absolute atomic E-state index is 12.6. The summed E-state index contributed by atoms with van der Waals surface area (Å²) < 4.78 is 65.6. The Morgan fingerprint density at radius 1 is 1.03 bits per heavy atom. The molecule has 2 heterocycles. The molecule has 0 aliphatic carbocycles. The molecule has 0 saturated carbocycles. The van der Waals surface area contributed by atoms with Crippen molar-refractivity contribution >= 4 is 33.3 Å². The second kappa shape index (κ2) is 10.3. The Hall–Kier alpha value is -2.76. The van der Waals surface area contributed by atoms with Gasteiger partial charge in [-0.25, -0.2) is 13.4 Å². The predicted molar refractivity (Wildman–Crippen MR) is 137 cm³/mol. The normalized spacial score (nSPS) is 16.3. The maximum atomic E-state index is 12.6. The summed E-state index contributed by atoms with van der Waals surface area (Å²) in [7, 11) is -3.62. The van der Waals surface area contributed by atoms with Crippen molar-refractivity contribution in [3.05, 3.63) is 84.1 Å². The summed E-state index contributed by atoms with van der Waals surface area (Å²) in [6.45, 7) is 6.04. The lowest BCUT2D eigenvalue weighted by Gasteiger charge is -2.29. The second-order valence-corrected chi connectivity index (χ2v) is 12.1. The van der Waals surface area contributed by atoms with E-state index in [2.05, 4.69) is 33.4 Å². The molecule has 192 valence electrons. The predicted octanol–water partition coefficient (Wildman–Crippen LogP) is 5.69. The van der Waals surface area contributed by atoms with Gasteiger partial charge in [0, 0.05) is 35.4 Å². The van der Waals surface area contributed by atoms with E-state index in [1.165, 1.54) is 12.1 Å². The lowest BCUT2D eigenvalue weighted by molar-refractivity contribution is -0.0328. The average Bonchev–Trinajstić information content (AvgIpc) is 3.07. The minimum absolute atomic E-state index is 0.124. The molecule has 1 fully saturated rings. The highest BCUT2D eigenvalue weighted by molar-refractivity contribution is 8.00. The topological polar surface area (TPSA) is 65.5 Å². The zero-order valence-corrected chi connectivity index (χ0v) is 21.5. The van der Waals surface area contributed by atoms with Crippen LogP contribution in [-0.2, 0) is 22.3 Å². The van der Waals surface area contributed by atoms with Crippen LogP contribution in [0.2, 0.25) is 0 Å². The third-order valence-corrected chi connectivity index (χ3v) is 7.84. The number of sulfonamides is 1. The number of nitrogens with one attached hydrogen (secondary N) is 1. The number of thioether (sulfide) groups is 1. The van der Waals surface area contributed by atoms with Crippen molar-refractivity contribution in [2.24, 2.45) is 0 Å². The summed E-state index contributed by atoms with van der Waals surface area (Å²) in [5.41, 5.74) is -2.09. The van der Waals surface area contributed by atoms with Gasteiger partial charge in [0.15, 0.2) is 0 Å². The second-order valence-electron chi connectivity index (χ2n) is 9.29. The van der Waals surface area contributed by atoms with Gasteiger partial charge in [-0.1, -0.05) is 30.3 Å². The van der Waals surface area contributed by atoms with Crippen LogP contribution >= 0.6 is 11.8 Å². The largest absolute Gasteiger partial charge is 0.446 e. The van der Waals surface area contributed by atoms with Gasteiger partial charge in [-0.2, -0.15) is 13.2 Å². The van der Waals surface area contributed by atoms with Crippen LogP contribution < -0.4 is 9.62 Å². The molecule has 0 bridgehead atoms. The maximum Gasteiger partial charge on any atom is 0.446 e. The molecule has 4 rings (SSSR count). The van der Waals surface area contributed by atoms with E-state index < -0.39 is 15.5 Å². The first-order chi connectivity index (χ1) is 16.9. The molecule has 0 atom stereocenters. The average molecular weight is 537 g/mol. The molecule has 6 nitrogen and oxygen atoms in total. The van der Waals surface area contributed by atoms with E-state index in [0.29, 0.717) is 25.3 Å². The van der Waals surface area contributed by atoms with Crippen molar-refractivity contribution in [1.82, 2.24) is 9.88 Å². The molecule has 1 aliphatic heterocycles. The van der Waals surface area contributed by atoms with Crippen molar-refractivity contribution in [2.75, 3.05) is 22.8 Å². The smallest absolute Gasteiger partial charge is 0.357 e. The van der Waals surface area contributed by atoms with Gasteiger partial charge in [0.2, 0.25) is 10.0 Å². The number of pyridine rings is 1. The number of hydrogen-bond donors (Lipinski definition) is 1. The van der Waals surface area contributed by atoms with Crippen LogP contribution in [-0.4, -0.2) is 42.6 Å². The highest BCUT2D eigenvalue weighted by Crippen LogP contribution is 2.38. The Bertz CT molecular complexity index is 1280. The Balaban J connectivity index is 1.42. The van der Waals surface area contributed by atoms with Crippen LogP contribution in [0, 0.1) is 0 Å². The monoisotopic (exact) mass is 536 g/mol. The van der Waals surface area contributed by atoms with Gasteiger partial charge in [0.25, 0.3) is 0 Å². The quantitative estimate of drug-likeness (QED) is 0.373. The van der Waals surface area contributed by atoms with E-state index >= 15 is 0 Å².